The first-order valence-corrected chi connectivity index (χ1v) is 10.3. The van der Waals surface area contributed by atoms with Crippen LogP contribution >= 0.6 is 0 Å². The minimum atomic E-state index is -0.623. The number of benzene rings is 3. The van der Waals surface area contributed by atoms with Crippen LogP contribution in [0.3, 0.4) is 0 Å². The highest BCUT2D eigenvalue weighted by molar-refractivity contribution is 5.90. The van der Waals surface area contributed by atoms with Gasteiger partial charge in [-0.3, -0.25) is 14.9 Å². The zero-order valence-corrected chi connectivity index (χ0v) is 17.1. The zero-order chi connectivity index (χ0) is 21.8. The summed E-state index contributed by atoms with van der Waals surface area (Å²) in [5, 5.41) is 9.10. The SMILES string of the molecule is CC(NC(=O)C1CC(=O)NC(c2ccccc2)N1)c1cccc(-c2ccc(F)cc2)c1. The van der Waals surface area contributed by atoms with E-state index in [1.807, 2.05) is 61.5 Å². The third-order valence-electron chi connectivity index (χ3n) is 5.44. The lowest BCUT2D eigenvalue weighted by molar-refractivity contribution is -0.132. The van der Waals surface area contributed by atoms with E-state index in [2.05, 4.69) is 16.0 Å². The Balaban J connectivity index is 1.45. The highest BCUT2D eigenvalue weighted by Gasteiger charge is 2.31. The van der Waals surface area contributed by atoms with Crippen LogP contribution in [0.15, 0.2) is 78.9 Å². The summed E-state index contributed by atoms with van der Waals surface area (Å²) in [5.41, 5.74) is 3.67. The van der Waals surface area contributed by atoms with E-state index < -0.39 is 12.2 Å². The maximum atomic E-state index is 13.2. The second-order valence-electron chi connectivity index (χ2n) is 7.70. The number of hydrogen-bond acceptors (Lipinski definition) is 3. The van der Waals surface area contributed by atoms with Gasteiger partial charge in [-0.1, -0.05) is 60.7 Å². The quantitative estimate of drug-likeness (QED) is 0.591. The maximum Gasteiger partial charge on any atom is 0.238 e. The number of rotatable bonds is 5. The van der Waals surface area contributed by atoms with Gasteiger partial charge in [0.25, 0.3) is 0 Å². The summed E-state index contributed by atoms with van der Waals surface area (Å²) < 4.78 is 13.2. The van der Waals surface area contributed by atoms with Gasteiger partial charge in [0.05, 0.1) is 18.5 Å². The molecule has 1 saturated heterocycles. The summed E-state index contributed by atoms with van der Waals surface area (Å²) in [6, 6.07) is 22.7. The summed E-state index contributed by atoms with van der Waals surface area (Å²) in [4.78, 5) is 25.1. The molecule has 3 N–H and O–H groups in total. The van der Waals surface area contributed by atoms with E-state index in [-0.39, 0.29) is 30.1 Å². The molecule has 0 saturated carbocycles. The van der Waals surface area contributed by atoms with E-state index in [0.717, 1.165) is 22.3 Å². The average Bonchev–Trinajstić information content (AvgIpc) is 2.80. The molecule has 0 radical (unpaired) electrons. The van der Waals surface area contributed by atoms with Crippen molar-refractivity contribution in [1.29, 1.82) is 0 Å². The van der Waals surface area contributed by atoms with Crippen LogP contribution in [0.25, 0.3) is 11.1 Å². The fraction of sp³-hybridized carbons (Fsp3) is 0.200. The predicted octanol–water partition coefficient (Wildman–Crippen LogP) is 3.85. The lowest BCUT2D eigenvalue weighted by atomic mass is 9.99. The molecule has 2 amide bonds. The van der Waals surface area contributed by atoms with Crippen LogP contribution in [-0.2, 0) is 9.59 Å². The van der Waals surface area contributed by atoms with Gasteiger partial charge in [0.2, 0.25) is 11.8 Å². The van der Waals surface area contributed by atoms with Crippen LogP contribution in [0.2, 0.25) is 0 Å². The smallest absolute Gasteiger partial charge is 0.238 e. The molecule has 0 aliphatic carbocycles. The van der Waals surface area contributed by atoms with Gasteiger partial charge in [0, 0.05) is 0 Å². The van der Waals surface area contributed by atoms with Gasteiger partial charge in [-0.05, 0) is 47.4 Å². The van der Waals surface area contributed by atoms with Crippen molar-refractivity contribution in [2.45, 2.75) is 31.6 Å². The lowest BCUT2D eigenvalue weighted by Crippen LogP contribution is -2.56. The molecule has 5 nitrogen and oxygen atoms in total. The second-order valence-corrected chi connectivity index (χ2v) is 7.70. The Kier molecular flexibility index (Phi) is 6.09. The molecular weight excluding hydrogens is 393 g/mol. The van der Waals surface area contributed by atoms with Crippen molar-refractivity contribution in [3.05, 3.63) is 95.8 Å². The van der Waals surface area contributed by atoms with Crippen molar-refractivity contribution in [3.63, 3.8) is 0 Å². The molecule has 3 atom stereocenters. The van der Waals surface area contributed by atoms with Gasteiger partial charge in [0.1, 0.15) is 12.0 Å². The van der Waals surface area contributed by atoms with Gasteiger partial charge in [-0.15, -0.1) is 0 Å². The summed E-state index contributed by atoms with van der Waals surface area (Å²) in [6.07, 6.45) is -0.326. The molecule has 1 aliphatic heterocycles. The molecule has 0 bridgehead atoms. The molecule has 3 unspecified atom stereocenters. The Labute approximate surface area is 180 Å². The summed E-state index contributed by atoms with van der Waals surface area (Å²) in [5.74, 6) is -0.674. The molecule has 0 spiro atoms. The Bertz CT molecular complexity index is 1070. The monoisotopic (exact) mass is 417 g/mol. The molecule has 3 aromatic rings. The van der Waals surface area contributed by atoms with Crippen LogP contribution in [-0.4, -0.2) is 17.9 Å². The normalized spacial score (nSPS) is 19.4. The van der Waals surface area contributed by atoms with E-state index >= 15 is 0 Å². The largest absolute Gasteiger partial charge is 0.348 e. The first-order valence-electron chi connectivity index (χ1n) is 10.3. The van der Waals surface area contributed by atoms with Gasteiger partial charge in [-0.25, -0.2) is 4.39 Å². The van der Waals surface area contributed by atoms with E-state index in [0.29, 0.717) is 0 Å². The molecule has 6 heteroatoms. The Hall–Kier alpha value is -3.51. The second kappa shape index (κ2) is 9.10. The topological polar surface area (TPSA) is 70.2 Å². The minimum absolute atomic E-state index is 0.0809. The van der Waals surface area contributed by atoms with E-state index in [1.54, 1.807) is 12.1 Å². The molecule has 0 aromatic heterocycles. The van der Waals surface area contributed by atoms with Gasteiger partial charge >= 0.3 is 0 Å². The van der Waals surface area contributed by atoms with Crippen LogP contribution in [0.4, 0.5) is 4.39 Å². The fourth-order valence-corrected chi connectivity index (χ4v) is 3.73. The van der Waals surface area contributed by atoms with Crippen molar-refractivity contribution >= 4 is 11.8 Å². The molecule has 1 aliphatic rings. The van der Waals surface area contributed by atoms with Crippen LogP contribution in [0.1, 0.15) is 36.7 Å². The van der Waals surface area contributed by atoms with Crippen molar-refractivity contribution in [2.24, 2.45) is 0 Å². The summed E-state index contributed by atoms with van der Waals surface area (Å²) in [6.45, 7) is 1.90. The minimum Gasteiger partial charge on any atom is -0.348 e. The van der Waals surface area contributed by atoms with Gasteiger partial charge < -0.3 is 10.6 Å². The van der Waals surface area contributed by atoms with Crippen LogP contribution in [0.5, 0.6) is 0 Å². The van der Waals surface area contributed by atoms with E-state index in [1.165, 1.54) is 12.1 Å². The first-order chi connectivity index (χ1) is 15.0. The number of halogens is 1. The summed E-state index contributed by atoms with van der Waals surface area (Å²) >= 11 is 0. The molecule has 1 fully saturated rings. The highest BCUT2D eigenvalue weighted by atomic mass is 19.1. The molecule has 158 valence electrons. The summed E-state index contributed by atoms with van der Waals surface area (Å²) in [7, 11) is 0. The Morgan fingerprint density at radius 1 is 1.00 bits per heavy atom. The van der Waals surface area contributed by atoms with Crippen LogP contribution in [0, 0.1) is 5.82 Å². The van der Waals surface area contributed by atoms with Crippen molar-refractivity contribution in [3.8, 4) is 11.1 Å². The molecule has 4 rings (SSSR count). The fourth-order valence-electron chi connectivity index (χ4n) is 3.73. The van der Waals surface area contributed by atoms with Crippen LogP contribution < -0.4 is 16.0 Å². The van der Waals surface area contributed by atoms with Crippen molar-refractivity contribution < 1.29 is 14.0 Å². The highest BCUT2D eigenvalue weighted by Crippen LogP contribution is 2.24. The third kappa shape index (κ3) is 4.98. The number of amides is 2. The van der Waals surface area contributed by atoms with Crippen molar-refractivity contribution in [1.82, 2.24) is 16.0 Å². The lowest BCUT2D eigenvalue weighted by Gasteiger charge is -2.32. The van der Waals surface area contributed by atoms with Gasteiger partial charge in [0.15, 0.2) is 0 Å². The van der Waals surface area contributed by atoms with Crippen molar-refractivity contribution in [2.75, 3.05) is 0 Å². The van der Waals surface area contributed by atoms with Gasteiger partial charge in [-0.2, -0.15) is 0 Å². The standard InChI is InChI=1S/C25H24FN3O2/c1-16(19-8-5-9-20(14-19)17-10-12-21(26)13-11-17)27-25(31)22-15-23(30)29-24(28-22)18-6-3-2-4-7-18/h2-14,16,22,24,28H,15H2,1H3,(H,27,31)(H,29,30). The predicted molar refractivity (Wildman–Crippen MR) is 117 cm³/mol. The molecule has 1 heterocycles. The number of carbonyl (C=O) groups is 2. The zero-order valence-electron chi connectivity index (χ0n) is 17.1. The average molecular weight is 417 g/mol. The number of hydrogen-bond donors (Lipinski definition) is 3. The number of nitrogens with one attached hydrogen (secondary N) is 3. The Morgan fingerprint density at radius 3 is 2.48 bits per heavy atom. The molecular formula is C25H24FN3O2. The van der Waals surface area contributed by atoms with E-state index in [9.17, 15) is 14.0 Å². The molecule has 31 heavy (non-hydrogen) atoms. The molecule has 3 aromatic carbocycles. The van der Waals surface area contributed by atoms with E-state index in [4.69, 9.17) is 0 Å². The third-order valence-corrected chi connectivity index (χ3v) is 5.44. The first kappa shape index (κ1) is 20.8. The Morgan fingerprint density at radius 2 is 1.74 bits per heavy atom. The maximum absolute atomic E-state index is 13.2. The number of carbonyl (C=O) groups excluding carboxylic acids is 2.